The molecule has 1 aromatic rings. The molecule has 0 atom stereocenters. The molecule has 1 aromatic heterocycles. The summed E-state index contributed by atoms with van der Waals surface area (Å²) in [4.78, 5) is 9.97. The number of rotatable bonds is 2. The molecule has 92 valence electrons. The van der Waals surface area contributed by atoms with Gasteiger partial charge in [0, 0.05) is 22.4 Å². The summed E-state index contributed by atoms with van der Waals surface area (Å²) < 4.78 is 0. The Balaban J connectivity index is 1.61. The van der Waals surface area contributed by atoms with E-state index in [1.807, 2.05) is 23.5 Å². The summed E-state index contributed by atoms with van der Waals surface area (Å²) in [5.74, 6) is 1.20. The van der Waals surface area contributed by atoms with E-state index in [-0.39, 0.29) is 0 Å². The highest BCUT2D eigenvalue weighted by molar-refractivity contribution is 8.14. The number of thiazole rings is 1. The summed E-state index contributed by atoms with van der Waals surface area (Å²) in [5.41, 5.74) is 2.24. The highest BCUT2D eigenvalue weighted by Gasteiger charge is 2.37. The molecule has 1 N–H and O–H groups in total. The Bertz CT molecular complexity index is 394. The average molecular weight is 267 g/mol. The lowest BCUT2D eigenvalue weighted by Gasteiger charge is -2.32. The largest absolute Gasteiger partial charge is 0.359 e. The number of hydrogen-bond donors (Lipinski definition) is 1. The van der Waals surface area contributed by atoms with Crippen molar-refractivity contribution in [1.82, 2.24) is 10.3 Å². The third-order valence-corrected chi connectivity index (χ3v) is 5.50. The second-order valence-corrected chi connectivity index (χ2v) is 6.78. The van der Waals surface area contributed by atoms with E-state index in [1.165, 1.54) is 42.7 Å². The molecular weight excluding hydrogens is 250 g/mol. The van der Waals surface area contributed by atoms with Crippen LogP contribution in [0.3, 0.4) is 0 Å². The Morgan fingerprint density at radius 1 is 1.35 bits per heavy atom. The van der Waals surface area contributed by atoms with Gasteiger partial charge >= 0.3 is 0 Å². The van der Waals surface area contributed by atoms with Gasteiger partial charge in [-0.1, -0.05) is 31.0 Å². The fraction of sp³-hybridized carbons (Fsp3) is 0.667. The number of nitrogens with zero attached hydrogens (tertiary/aromatic N) is 2. The molecule has 0 radical (unpaired) electrons. The Morgan fingerprint density at radius 2 is 2.24 bits per heavy atom. The SMILES string of the molecule is c1ncc(CN=C2NC3(CCCCC3)CS2)s1. The molecule has 0 amide bonds. The first-order valence-electron chi connectivity index (χ1n) is 6.19. The summed E-state index contributed by atoms with van der Waals surface area (Å²) in [5, 5.41) is 4.81. The van der Waals surface area contributed by atoms with Gasteiger partial charge in [-0.15, -0.1) is 11.3 Å². The van der Waals surface area contributed by atoms with Gasteiger partial charge in [0.1, 0.15) is 0 Å². The minimum atomic E-state index is 0.370. The van der Waals surface area contributed by atoms with Crippen LogP contribution in [0.2, 0.25) is 0 Å². The molecule has 2 aliphatic rings. The fourth-order valence-corrected chi connectivity index (χ4v) is 4.29. The summed E-state index contributed by atoms with van der Waals surface area (Å²) in [6.45, 7) is 0.774. The first-order chi connectivity index (χ1) is 8.36. The van der Waals surface area contributed by atoms with E-state index >= 15 is 0 Å². The van der Waals surface area contributed by atoms with Crippen LogP contribution in [0.25, 0.3) is 0 Å². The van der Waals surface area contributed by atoms with Crippen molar-refractivity contribution < 1.29 is 0 Å². The van der Waals surface area contributed by atoms with Gasteiger partial charge in [0.2, 0.25) is 0 Å². The third kappa shape index (κ3) is 2.65. The second-order valence-electron chi connectivity index (χ2n) is 4.84. The Kier molecular flexibility index (Phi) is 3.38. The van der Waals surface area contributed by atoms with E-state index in [4.69, 9.17) is 0 Å². The van der Waals surface area contributed by atoms with Crippen molar-refractivity contribution in [3.05, 3.63) is 16.6 Å². The predicted molar refractivity (Wildman–Crippen MR) is 74.7 cm³/mol. The number of aliphatic imine (C=N–C) groups is 1. The maximum atomic E-state index is 4.65. The van der Waals surface area contributed by atoms with Crippen molar-refractivity contribution in [2.45, 2.75) is 44.2 Å². The van der Waals surface area contributed by atoms with E-state index in [1.54, 1.807) is 11.3 Å². The normalized spacial score (nSPS) is 25.3. The van der Waals surface area contributed by atoms with Gasteiger partial charge < -0.3 is 5.32 Å². The molecule has 3 rings (SSSR count). The topological polar surface area (TPSA) is 37.3 Å². The highest BCUT2D eigenvalue weighted by atomic mass is 32.2. The molecule has 1 spiro atoms. The first-order valence-corrected chi connectivity index (χ1v) is 8.06. The standard InChI is InChI=1S/C12H17N3S2/c1-2-4-12(5-3-1)8-16-11(15-12)14-7-10-6-13-9-17-10/h6,9H,1-5,7-8H2,(H,14,15). The molecule has 3 nitrogen and oxygen atoms in total. The fourth-order valence-electron chi connectivity index (χ4n) is 2.56. The molecule has 1 saturated carbocycles. The third-order valence-electron chi connectivity index (χ3n) is 3.53. The molecule has 17 heavy (non-hydrogen) atoms. The monoisotopic (exact) mass is 267 g/mol. The van der Waals surface area contributed by atoms with Gasteiger partial charge in [0.05, 0.1) is 12.1 Å². The molecule has 1 saturated heterocycles. The summed E-state index contributed by atoms with van der Waals surface area (Å²) >= 11 is 3.57. The lowest BCUT2D eigenvalue weighted by Crippen LogP contribution is -2.45. The second kappa shape index (κ2) is 4.98. The quantitative estimate of drug-likeness (QED) is 0.895. The number of aromatic nitrogens is 1. The molecule has 0 unspecified atom stereocenters. The Hall–Kier alpha value is -0.550. The number of nitrogens with one attached hydrogen (secondary N) is 1. The van der Waals surface area contributed by atoms with Gasteiger partial charge in [-0.2, -0.15) is 0 Å². The van der Waals surface area contributed by atoms with Crippen LogP contribution in [0, 0.1) is 0 Å². The maximum absolute atomic E-state index is 4.65. The molecule has 0 bridgehead atoms. The van der Waals surface area contributed by atoms with E-state index in [0.29, 0.717) is 5.54 Å². The minimum absolute atomic E-state index is 0.370. The molecule has 1 aliphatic heterocycles. The highest BCUT2D eigenvalue weighted by Crippen LogP contribution is 2.36. The number of amidine groups is 1. The lowest BCUT2D eigenvalue weighted by molar-refractivity contribution is 0.303. The van der Waals surface area contributed by atoms with E-state index < -0.39 is 0 Å². The summed E-state index contributed by atoms with van der Waals surface area (Å²) in [6.07, 6.45) is 8.69. The van der Waals surface area contributed by atoms with Crippen LogP contribution in [0.5, 0.6) is 0 Å². The zero-order valence-corrected chi connectivity index (χ0v) is 11.4. The Labute approximate surface area is 110 Å². The van der Waals surface area contributed by atoms with Crippen molar-refractivity contribution in [1.29, 1.82) is 0 Å². The van der Waals surface area contributed by atoms with Crippen molar-refractivity contribution in [2.24, 2.45) is 4.99 Å². The molecule has 5 heteroatoms. The number of hydrogen-bond acceptors (Lipinski definition) is 4. The average Bonchev–Trinajstić information content (AvgIpc) is 2.98. The molecule has 2 heterocycles. The zero-order valence-electron chi connectivity index (χ0n) is 9.82. The minimum Gasteiger partial charge on any atom is -0.359 e. The van der Waals surface area contributed by atoms with Gasteiger partial charge in [-0.25, -0.2) is 0 Å². The van der Waals surface area contributed by atoms with Crippen LogP contribution in [-0.2, 0) is 6.54 Å². The van der Waals surface area contributed by atoms with Gasteiger partial charge in [0.25, 0.3) is 0 Å². The molecule has 2 fully saturated rings. The lowest BCUT2D eigenvalue weighted by atomic mass is 9.83. The van der Waals surface area contributed by atoms with Crippen LogP contribution < -0.4 is 5.32 Å². The first kappa shape index (κ1) is 11.5. The van der Waals surface area contributed by atoms with E-state index in [0.717, 1.165) is 11.7 Å². The van der Waals surface area contributed by atoms with Crippen molar-refractivity contribution in [2.75, 3.05) is 5.75 Å². The Morgan fingerprint density at radius 3 is 3.00 bits per heavy atom. The molecule has 1 aliphatic carbocycles. The number of thioether (sulfide) groups is 1. The van der Waals surface area contributed by atoms with Crippen molar-refractivity contribution in [3.8, 4) is 0 Å². The molecule has 0 aromatic carbocycles. The summed E-state index contributed by atoms with van der Waals surface area (Å²) in [7, 11) is 0. The van der Waals surface area contributed by atoms with E-state index in [2.05, 4.69) is 15.3 Å². The maximum Gasteiger partial charge on any atom is 0.157 e. The van der Waals surface area contributed by atoms with Crippen LogP contribution in [0.1, 0.15) is 37.0 Å². The van der Waals surface area contributed by atoms with Crippen LogP contribution >= 0.6 is 23.1 Å². The predicted octanol–water partition coefficient (Wildman–Crippen LogP) is 3.04. The zero-order chi connectivity index (χ0) is 11.6. The van der Waals surface area contributed by atoms with Gasteiger partial charge in [-0.3, -0.25) is 9.98 Å². The van der Waals surface area contributed by atoms with Crippen LogP contribution in [0.4, 0.5) is 0 Å². The summed E-state index contributed by atoms with van der Waals surface area (Å²) in [6, 6.07) is 0. The van der Waals surface area contributed by atoms with Crippen LogP contribution in [0.15, 0.2) is 16.7 Å². The smallest absolute Gasteiger partial charge is 0.157 e. The van der Waals surface area contributed by atoms with Crippen LogP contribution in [-0.4, -0.2) is 21.4 Å². The van der Waals surface area contributed by atoms with Crippen molar-refractivity contribution >= 4 is 28.3 Å². The van der Waals surface area contributed by atoms with E-state index in [9.17, 15) is 0 Å². The van der Waals surface area contributed by atoms with Crippen molar-refractivity contribution in [3.63, 3.8) is 0 Å². The van der Waals surface area contributed by atoms with Gasteiger partial charge in [-0.05, 0) is 12.8 Å². The molecular formula is C12H17N3S2. The van der Waals surface area contributed by atoms with Gasteiger partial charge in [0.15, 0.2) is 5.17 Å².